The molecule has 0 saturated carbocycles. The molecule has 0 N–H and O–H groups in total. The number of hydrogen-bond acceptors (Lipinski definition) is 4. The number of nitrogens with zero attached hydrogens (tertiary/aromatic N) is 3. The van der Waals surface area contributed by atoms with Crippen LogP contribution in [0.3, 0.4) is 0 Å². The van der Waals surface area contributed by atoms with Crippen LogP contribution in [0.1, 0.15) is 24.3 Å². The highest BCUT2D eigenvalue weighted by molar-refractivity contribution is 6.42. The van der Waals surface area contributed by atoms with E-state index in [9.17, 15) is 4.79 Å². The molecule has 112 valence electrons. The molecule has 2 aromatic rings. The number of carbonyl (C=O) groups excluding carboxylic acids is 1. The van der Waals surface area contributed by atoms with Gasteiger partial charge in [0.2, 0.25) is 18.0 Å². The molecule has 3 rings (SSSR count). The van der Waals surface area contributed by atoms with E-state index in [4.69, 9.17) is 27.9 Å². The van der Waals surface area contributed by atoms with Gasteiger partial charge in [-0.3, -0.25) is 9.78 Å². The molecule has 5 nitrogen and oxygen atoms in total. The van der Waals surface area contributed by atoms with E-state index in [0.717, 1.165) is 5.56 Å². The lowest BCUT2D eigenvalue weighted by Crippen LogP contribution is -2.25. The van der Waals surface area contributed by atoms with Crippen LogP contribution in [0, 0.1) is 0 Å². The number of aromatic nitrogens is 1. The van der Waals surface area contributed by atoms with Gasteiger partial charge in [-0.2, -0.15) is 5.01 Å². The van der Waals surface area contributed by atoms with Gasteiger partial charge in [0.05, 0.1) is 10.0 Å². The standard InChI is InChI=1S/C15H11Cl2N3O2/c1-9(21)20-15(11-2-3-12(16)13(17)8-11)22-14(19-20)10-4-6-18-7-5-10/h2-8,15H,1H3. The van der Waals surface area contributed by atoms with Crippen LogP contribution < -0.4 is 0 Å². The highest BCUT2D eigenvalue weighted by Gasteiger charge is 2.33. The Balaban J connectivity index is 1.96. The molecule has 0 saturated heterocycles. The van der Waals surface area contributed by atoms with Crippen LogP contribution in [0.4, 0.5) is 0 Å². The first-order valence-corrected chi connectivity index (χ1v) is 7.22. The molecule has 7 heteroatoms. The zero-order chi connectivity index (χ0) is 15.7. The lowest BCUT2D eigenvalue weighted by molar-refractivity contribution is -0.135. The molecule has 1 aliphatic heterocycles. The summed E-state index contributed by atoms with van der Waals surface area (Å²) in [5.74, 6) is 0.119. The van der Waals surface area contributed by atoms with E-state index < -0.39 is 6.23 Å². The third-order valence-corrected chi connectivity index (χ3v) is 3.86. The number of halogens is 2. The van der Waals surface area contributed by atoms with Gasteiger partial charge in [0, 0.05) is 30.4 Å². The van der Waals surface area contributed by atoms with Crippen molar-refractivity contribution in [2.24, 2.45) is 5.10 Å². The van der Waals surface area contributed by atoms with Gasteiger partial charge in [0.1, 0.15) is 0 Å². The first kappa shape index (κ1) is 14.8. The number of ether oxygens (including phenoxy) is 1. The van der Waals surface area contributed by atoms with Crippen LogP contribution in [-0.2, 0) is 9.53 Å². The molecular weight excluding hydrogens is 325 g/mol. The molecule has 1 atom stereocenters. The molecule has 1 aromatic carbocycles. The molecule has 0 spiro atoms. The maximum Gasteiger partial charge on any atom is 0.243 e. The largest absolute Gasteiger partial charge is 0.446 e. The molecule has 2 heterocycles. The lowest BCUT2D eigenvalue weighted by Gasteiger charge is -2.19. The van der Waals surface area contributed by atoms with Crippen molar-refractivity contribution in [3.63, 3.8) is 0 Å². The average molecular weight is 336 g/mol. The highest BCUT2D eigenvalue weighted by atomic mass is 35.5. The Hall–Kier alpha value is -2.11. The fourth-order valence-electron chi connectivity index (χ4n) is 2.06. The number of carbonyl (C=O) groups is 1. The normalized spacial score (nSPS) is 17.1. The first-order chi connectivity index (χ1) is 10.6. The quantitative estimate of drug-likeness (QED) is 0.842. The average Bonchev–Trinajstić information content (AvgIpc) is 2.96. The van der Waals surface area contributed by atoms with Crippen molar-refractivity contribution in [3.8, 4) is 0 Å². The summed E-state index contributed by atoms with van der Waals surface area (Å²) in [5, 5.41) is 6.35. The monoisotopic (exact) mass is 335 g/mol. The zero-order valence-corrected chi connectivity index (χ0v) is 13.0. The zero-order valence-electron chi connectivity index (χ0n) is 11.5. The third kappa shape index (κ3) is 2.77. The van der Waals surface area contributed by atoms with Crippen molar-refractivity contribution in [1.82, 2.24) is 9.99 Å². The number of pyridine rings is 1. The molecule has 0 radical (unpaired) electrons. The van der Waals surface area contributed by atoms with Gasteiger partial charge in [-0.1, -0.05) is 29.3 Å². The summed E-state index contributed by atoms with van der Waals surface area (Å²) < 4.78 is 5.83. The van der Waals surface area contributed by atoms with E-state index in [0.29, 0.717) is 21.5 Å². The van der Waals surface area contributed by atoms with Crippen molar-refractivity contribution in [1.29, 1.82) is 0 Å². The minimum atomic E-state index is -0.671. The molecule has 1 aromatic heterocycles. The molecular formula is C15H11Cl2N3O2. The Morgan fingerprint density at radius 2 is 1.91 bits per heavy atom. The number of hydrazone groups is 1. The number of amides is 1. The molecule has 1 aliphatic rings. The summed E-state index contributed by atoms with van der Waals surface area (Å²) in [4.78, 5) is 15.8. The molecule has 0 bridgehead atoms. The van der Waals surface area contributed by atoms with Crippen LogP contribution >= 0.6 is 23.2 Å². The van der Waals surface area contributed by atoms with Gasteiger partial charge in [-0.25, -0.2) is 0 Å². The maximum absolute atomic E-state index is 11.8. The Labute approximate surface area is 137 Å². The summed E-state index contributed by atoms with van der Waals surface area (Å²) in [5.41, 5.74) is 1.43. The lowest BCUT2D eigenvalue weighted by atomic mass is 10.2. The van der Waals surface area contributed by atoms with Gasteiger partial charge >= 0.3 is 0 Å². The second kappa shape index (κ2) is 5.94. The fourth-order valence-corrected chi connectivity index (χ4v) is 2.37. The smallest absolute Gasteiger partial charge is 0.243 e. The Bertz CT molecular complexity index is 750. The SMILES string of the molecule is CC(=O)N1N=C(c2ccncc2)OC1c1ccc(Cl)c(Cl)c1. The van der Waals surface area contributed by atoms with E-state index >= 15 is 0 Å². The first-order valence-electron chi connectivity index (χ1n) is 6.46. The molecule has 1 unspecified atom stereocenters. The van der Waals surface area contributed by atoms with E-state index in [2.05, 4.69) is 10.1 Å². The van der Waals surface area contributed by atoms with Crippen molar-refractivity contribution in [2.75, 3.05) is 0 Å². The molecule has 1 amide bonds. The number of benzene rings is 1. The summed E-state index contributed by atoms with van der Waals surface area (Å²) in [7, 11) is 0. The van der Waals surface area contributed by atoms with Crippen LogP contribution in [0.5, 0.6) is 0 Å². The van der Waals surface area contributed by atoms with E-state index in [-0.39, 0.29) is 5.91 Å². The minimum Gasteiger partial charge on any atom is -0.446 e. The van der Waals surface area contributed by atoms with Crippen LogP contribution in [0.2, 0.25) is 10.0 Å². The molecule has 22 heavy (non-hydrogen) atoms. The van der Waals surface area contributed by atoms with Crippen molar-refractivity contribution >= 4 is 35.0 Å². The number of rotatable bonds is 2. The Morgan fingerprint density at radius 1 is 1.18 bits per heavy atom. The van der Waals surface area contributed by atoms with Gasteiger partial charge in [-0.05, 0) is 24.3 Å². The Morgan fingerprint density at radius 3 is 2.55 bits per heavy atom. The predicted molar refractivity (Wildman–Crippen MR) is 83.6 cm³/mol. The molecule has 0 fully saturated rings. The maximum atomic E-state index is 11.8. The summed E-state index contributed by atoms with van der Waals surface area (Å²) in [6, 6.07) is 8.59. The topological polar surface area (TPSA) is 54.8 Å². The summed E-state index contributed by atoms with van der Waals surface area (Å²) >= 11 is 12.0. The van der Waals surface area contributed by atoms with Crippen molar-refractivity contribution < 1.29 is 9.53 Å². The summed E-state index contributed by atoms with van der Waals surface area (Å²) in [6.07, 6.45) is 2.59. The van der Waals surface area contributed by atoms with Crippen molar-refractivity contribution in [2.45, 2.75) is 13.2 Å². The fraction of sp³-hybridized carbons (Fsp3) is 0.133. The van der Waals surface area contributed by atoms with Gasteiger partial charge in [0.15, 0.2) is 0 Å². The van der Waals surface area contributed by atoms with Crippen LogP contribution in [-0.4, -0.2) is 21.8 Å². The van der Waals surface area contributed by atoms with Gasteiger partial charge < -0.3 is 4.74 Å². The second-order valence-corrected chi connectivity index (χ2v) is 5.46. The molecule has 0 aliphatic carbocycles. The van der Waals surface area contributed by atoms with E-state index in [1.54, 1.807) is 42.7 Å². The van der Waals surface area contributed by atoms with Crippen LogP contribution in [0.25, 0.3) is 0 Å². The van der Waals surface area contributed by atoms with Gasteiger partial charge in [0.25, 0.3) is 0 Å². The van der Waals surface area contributed by atoms with Gasteiger partial charge in [-0.15, -0.1) is 5.10 Å². The number of hydrogen-bond donors (Lipinski definition) is 0. The predicted octanol–water partition coefficient (Wildman–Crippen LogP) is 3.63. The minimum absolute atomic E-state index is 0.236. The van der Waals surface area contributed by atoms with Crippen molar-refractivity contribution in [3.05, 3.63) is 63.9 Å². The third-order valence-electron chi connectivity index (χ3n) is 3.12. The van der Waals surface area contributed by atoms with E-state index in [1.165, 1.54) is 11.9 Å². The van der Waals surface area contributed by atoms with Crippen LogP contribution in [0.15, 0.2) is 47.8 Å². The highest BCUT2D eigenvalue weighted by Crippen LogP contribution is 2.33. The summed E-state index contributed by atoms with van der Waals surface area (Å²) in [6.45, 7) is 1.42. The second-order valence-electron chi connectivity index (χ2n) is 4.65. The van der Waals surface area contributed by atoms with E-state index in [1.807, 2.05) is 0 Å². The Kier molecular flexibility index (Phi) is 4.00.